The molecule has 17 heavy (non-hydrogen) atoms. The largest absolute Gasteiger partial charge is 0.374 e. The van der Waals surface area contributed by atoms with Crippen LogP contribution in [0.15, 0.2) is 22.7 Å². The van der Waals surface area contributed by atoms with Crippen LogP contribution in [0.3, 0.4) is 0 Å². The number of rotatable bonds is 5. The molecule has 0 bridgehead atoms. The summed E-state index contributed by atoms with van der Waals surface area (Å²) in [7, 11) is 0. The first-order valence-corrected chi connectivity index (χ1v) is 6.33. The van der Waals surface area contributed by atoms with Crippen LogP contribution < -0.4 is 10.6 Å². The summed E-state index contributed by atoms with van der Waals surface area (Å²) >= 11 is 3.10. The second kappa shape index (κ2) is 6.59. The lowest BCUT2D eigenvalue weighted by molar-refractivity contribution is -0.121. The molecule has 1 unspecified atom stereocenters. The molecular formula is C12H16BrFN2O. The molecular weight excluding hydrogens is 287 g/mol. The molecule has 0 radical (unpaired) electrons. The van der Waals surface area contributed by atoms with Gasteiger partial charge in [-0.2, -0.15) is 0 Å². The van der Waals surface area contributed by atoms with E-state index < -0.39 is 0 Å². The number of carbonyl (C=O) groups excluding carboxylic acids is 1. The van der Waals surface area contributed by atoms with E-state index >= 15 is 0 Å². The number of anilines is 1. The highest BCUT2D eigenvalue weighted by atomic mass is 79.9. The van der Waals surface area contributed by atoms with Gasteiger partial charge in [-0.1, -0.05) is 6.92 Å². The Kier molecular flexibility index (Phi) is 5.41. The first kappa shape index (κ1) is 14.0. The van der Waals surface area contributed by atoms with E-state index in [9.17, 15) is 9.18 Å². The van der Waals surface area contributed by atoms with Gasteiger partial charge < -0.3 is 10.6 Å². The van der Waals surface area contributed by atoms with Crippen molar-refractivity contribution in [3.05, 3.63) is 28.5 Å². The van der Waals surface area contributed by atoms with Crippen LogP contribution >= 0.6 is 15.9 Å². The van der Waals surface area contributed by atoms with E-state index in [1.165, 1.54) is 6.07 Å². The summed E-state index contributed by atoms with van der Waals surface area (Å²) in [6.07, 6.45) is 0.903. The minimum absolute atomic E-state index is 0.0627. The smallest absolute Gasteiger partial charge is 0.242 e. The Balaban J connectivity index is 2.58. The lowest BCUT2D eigenvalue weighted by Crippen LogP contribution is -2.37. The molecule has 1 aromatic rings. The summed E-state index contributed by atoms with van der Waals surface area (Å²) in [5, 5.41) is 5.80. The van der Waals surface area contributed by atoms with Crippen LogP contribution in [0.1, 0.15) is 20.3 Å². The zero-order valence-corrected chi connectivity index (χ0v) is 11.5. The van der Waals surface area contributed by atoms with Crippen molar-refractivity contribution in [1.82, 2.24) is 5.32 Å². The average Bonchev–Trinajstić information content (AvgIpc) is 2.30. The molecule has 0 spiro atoms. The third-order valence-corrected chi connectivity index (χ3v) is 2.85. The summed E-state index contributed by atoms with van der Waals surface area (Å²) in [6.45, 7) is 4.43. The second-order valence-corrected chi connectivity index (χ2v) is 4.64. The Morgan fingerprint density at radius 2 is 2.24 bits per heavy atom. The number of carbonyl (C=O) groups is 1. The Morgan fingerprint density at radius 3 is 2.82 bits per heavy atom. The predicted octanol–water partition coefficient (Wildman–Crippen LogP) is 2.91. The van der Waals surface area contributed by atoms with Crippen LogP contribution in [0.4, 0.5) is 10.1 Å². The molecule has 1 aromatic carbocycles. The van der Waals surface area contributed by atoms with Crippen molar-refractivity contribution in [1.29, 1.82) is 0 Å². The van der Waals surface area contributed by atoms with Crippen LogP contribution in [0.25, 0.3) is 0 Å². The molecule has 0 aromatic heterocycles. The highest BCUT2D eigenvalue weighted by Gasteiger charge is 2.12. The van der Waals surface area contributed by atoms with Crippen LogP contribution in [0.2, 0.25) is 0 Å². The molecule has 1 amide bonds. The lowest BCUT2D eigenvalue weighted by Gasteiger charge is -2.15. The van der Waals surface area contributed by atoms with E-state index in [1.54, 1.807) is 19.1 Å². The van der Waals surface area contributed by atoms with Gasteiger partial charge in [0.15, 0.2) is 0 Å². The van der Waals surface area contributed by atoms with Crippen molar-refractivity contribution in [3.8, 4) is 0 Å². The normalized spacial score (nSPS) is 12.0. The van der Waals surface area contributed by atoms with E-state index in [0.29, 0.717) is 16.7 Å². The van der Waals surface area contributed by atoms with Gasteiger partial charge in [0.2, 0.25) is 5.91 Å². The summed E-state index contributed by atoms with van der Waals surface area (Å²) in [5.41, 5.74) is 0.706. The monoisotopic (exact) mass is 302 g/mol. The fraction of sp³-hybridized carbons (Fsp3) is 0.417. The number of amides is 1. The number of halogens is 2. The lowest BCUT2D eigenvalue weighted by atomic mass is 10.2. The van der Waals surface area contributed by atoms with Crippen molar-refractivity contribution < 1.29 is 9.18 Å². The maximum atomic E-state index is 13.0. The predicted molar refractivity (Wildman–Crippen MR) is 70.5 cm³/mol. The van der Waals surface area contributed by atoms with Gasteiger partial charge in [0, 0.05) is 12.2 Å². The number of hydrogen-bond acceptors (Lipinski definition) is 2. The van der Waals surface area contributed by atoms with Gasteiger partial charge in [-0.05, 0) is 47.5 Å². The molecule has 0 aliphatic rings. The molecule has 0 saturated carbocycles. The van der Waals surface area contributed by atoms with Crippen molar-refractivity contribution in [3.63, 3.8) is 0 Å². The van der Waals surface area contributed by atoms with E-state index in [1.807, 2.05) is 6.92 Å². The quantitative estimate of drug-likeness (QED) is 0.878. The zero-order valence-electron chi connectivity index (χ0n) is 9.89. The van der Waals surface area contributed by atoms with Crippen molar-refractivity contribution in [2.24, 2.45) is 0 Å². The first-order valence-electron chi connectivity index (χ1n) is 5.54. The minimum atomic E-state index is -0.348. The van der Waals surface area contributed by atoms with E-state index in [-0.39, 0.29) is 17.8 Å². The standard InChI is InChI=1S/C12H16BrFN2O/c1-3-6-15-12(17)8(2)16-9-4-5-11(14)10(13)7-9/h4-5,7-8,16H,3,6H2,1-2H3,(H,15,17). The van der Waals surface area contributed by atoms with Crippen LogP contribution in [-0.4, -0.2) is 18.5 Å². The number of nitrogens with one attached hydrogen (secondary N) is 2. The highest BCUT2D eigenvalue weighted by Crippen LogP contribution is 2.20. The Hall–Kier alpha value is -1.10. The fourth-order valence-corrected chi connectivity index (χ4v) is 1.68. The summed E-state index contributed by atoms with van der Waals surface area (Å²) in [6, 6.07) is 4.21. The maximum Gasteiger partial charge on any atom is 0.242 e. The maximum absolute atomic E-state index is 13.0. The van der Waals surface area contributed by atoms with Gasteiger partial charge in [0.1, 0.15) is 11.9 Å². The highest BCUT2D eigenvalue weighted by molar-refractivity contribution is 9.10. The van der Waals surface area contributed by atoms with Crippen LogP contribution in [-0.2, 0) is 4.79 Å². The van der Waals surface area contributed by atoms with Crippen LogP contribution in [0, 0.1) is 5.82 Å². The minimum Gasteiger partial charge on any atom is -0.374 e. The average molecular weight is 303 g/mol. The van der Waals surface area contributed by atoms with E-state index in [4.69, 9.17) is 0 Å². The third kappa shape index (κ3) is 4.34. The summed E-state index contributed by atoms with van der Waals surface area (Å²) < 4.78 is 13.4. The van der Waals surface area contributed by atoms with E-state index in [2.05, 4.69) is 26.6 Å². The topological polar surface area (TPSA) is 41.1 Å². The van der Waals surface area contributed by atoms with Crippen molar-refractivity contribution in [2.75, 3.05) is 11.9 Å². The van der Waals surface area contributed by atoms with Crippen LogP contribution in [0.5, 0.6) is 0 Å². The first-order chi connectivity index (χ1) is 8.04. The molecule has 0 heterocycles. The molecule has 0 fully saturated rings. The fourth-order valence-electron chi connectivity index (χ4n) is 1.30. The molecule has 5 heteroatoms. The Labute approximate surface area is 109 Å². The zero-order chi connectivity index (χ0) is 12.8. The SMILES string of the molecule is CCCNC(=O)C(C)Nc1ccc(F)c(Br)c1. The second-order valence-electron chi connectivity index (χ2n) is 3.79. The van der Waals surface area contributed by atoms with Gasteiger partial charge in [-0.3, -0.25) is 4.79 Å². The Bertz CT molecular complexity index is 398. The van der Waals surface area contributed by atoms with Gasteiger partial charge in [-0.15, -0.1) is 0 Å². The summed E-state index contributed by atoms with van der Waals surface area (Å²) in [4.78, 5) is 11.6. The van der Waals surface area contributed by atoms with Gasteiger partial charge in [0.25, 0.3) is 0 Å². The molecule has 3 nitrogen and oxygen atoms in total. The van der Waals surface area contributed by atoms with E-state index in [0.717, 1.165) is 6.42 Å². The molecule has 0 aliphatic heterocycles. The Morgan fingerprint density at radius 1 is 1.53 bits per heavy atom. The summed E-state index contributed by atoms with van der Waals surface area (Å²) in [5.74, 6) is -0.383. The molecule has 1 rings (SSSR count). The number of benzene rings is 1. The molecule has 94 valence electrons. The third-order valence-electron chi connectivity index (χ3n) is 2.25. The molecule has 0 saturated heterocycles. The van der Waals surface area contributed by atoms with Crippen molar-refractivity contribution in [2.45, 2.75) is 26.3 Å². The van der Waals surface area contributed by atoms with Gasteiger partial charge >= 0.3 is 0 Å². The van der Waals surface area contributed by atoms with Gasteiger partial charge in [-0.25, -0.2) is 4.39 Å². The van der Waals surface area contributed by atoms with Gasteiger partial charge in [0.05, 0.1) is 4.47 Å². The molecule has 0 aliphatic carbocycles. The molecule has 1 atom stereocenters. The molecule has 2 N–H and O–H groups in total. The van der Waals surface area contributed by atoms with Crippen molar-refractivity contribution >= 4 is 27.5 Å². The number of hydrogen-bond donors (Lipinski definition) is 2.